The smallest absolute Gasteiger partial charge is 0.282 e. The van der Waals surface area contributed by atoms with Crippen molar-refractivity contribution in [2.45, 2.75) is 39.3 Å². The molecule has 1 rings (SSSR count). The van der Waals surface area contributed by atoms with Gasteiger partial charge in [-0.05, 0) is 26.2 Å². The SMILES string of the molecule is CC1CCN(S(=O)(=O)N(C)C(C)C)CC1N. The fourth-order valence-corrected chi connectivity index (χ4v) is 3.32. The molecule has 96 valence electrons. The molecule has 0 aromatic carbocycles. The van der Waals surface area contributed by atoms with Crippen LogP contribution in [0.1, 0.15) is 27.2 Å². The quantitative estimate of drug-likeness (QED) is 0.779. The van der Waals surface area contributed by atoms with Crippen LogP contribution in [0, 0.1) is 5.92 Å². The van der Waals surface area contributed by atoms with E-state index in [0.717, 1.165) is 6.42 Å². The van der Waals surface area contributed by atoms with E-state index in [4.69, 9.17) is 5.73 Å². The molecular weight excluding hydrogens is 226 g/mol. The maximum absolute atomic E-state index is 12.2. The Morgan fingerprint density at radius 1 is 1.44 bits per heavy atom. The molecule has 0 aliphatic carbocycles. The van der Waals surface area contributed by atoms with Crippen molar-refractivity contribution in [2.75, 3.05) is 20.1 Å². The van der Waals surface area contributed by atoms with E-state index in [2.05, 4.69) is 6.92 Å². The van der Waals surface area contributed by atoms with E-state index < -0.39 is 10.2 Å². The Bertz CT molecular complexity index is 329. The predicted molar refractivity (Wildman–Crippen MR) is 65.1 cm³/mol. The minimum Gasteiger partial charge on any atom is -0.326 e. The van der Waals surface area contributed by atoms with Crippen LogP contribution in [0.5, 0.6) is 0 Å². The van der Waals surface area contributed by atoms with Gasteiger partial charge in [0.05, 0.1) is 0 Å². The summed E-state index contributed by atoms with van der Waals surface area (Å²) in [5, 5.41) is 0. The lowest BCUT2D eigenvalue weighted by atomic mass is 9.96. The average Bonchev–Trinajstić information content (AvgIpc) is 2.20. The lowest BCUT2D eigenvalue weighted by molar-refractivity contribution is 0.235. The minimum atomic E-state index is -3.33. The van der Waals surface area contributed by atoms with Gasteiger partial charge in [0.1, 0.15) is 0 Å². The van der Waals surface area contributed by atoms with Crippen molar-refractivity contribution in [1.29, 1.82) is 0 Å². The first-order valence-electron chi connectivity index (χ1n) is 5.75. The van der Waals surface area contributed by atoms with E-state index in [9.17, 15) is 8.42 Å². The first-order chi connectivity index (χ1) is 7.26. The molecular formula is C10H23N3O2S. The Kier molecular flexibility index (Phi) is 4.34. The van der Waals surface area contributed by atoms with Crippen molar-refractivity contribution in [1.82, 2.24) is 8.61 Å². The maximum atomic E-state index is 12.2. The summed E-state index contributed by atoms with van der Waals surface area (Å²) in [5.41, 5.74) is 5.92. The number of nitrogens with two attached hydrogens (primary N) is 1. The molecule has 16 heavy (non-hydrogen) atoms. The van der Waals surface area contributed by atoms with Gasteiger partial charge in [-0.2, -0.15) is 17.0 Å². The third-order valence-electron chi connectivity index (χ3n) is 3.40. The summed E-state index contributed by atoms with van der Waals surface area (Å²) in [6, 6.07) is -0.0790. The van der Waals surface area contributed by atoms with Gasteiger partial charge in [-0.25, -0.2) is 0 Å². The Hall–Kier alpha value is -0.170. The summed E-state index contributed by atoms with van der Waals surface area (Å²) in [7, 11) is -1.72. The zero-order valence-electron chi connectivity index (χ0n) is 10.5. The molecule has 1 aliphatic heterocycles. The fourth-order valence-electron chi connectivity index (χ4n) is 1.73. The Morgan fingerprint density at radius 3 is 2.44 bits per heavy atom. The van der Waals surface area contributed by atoms with Gasteiger partial charge in [-0.3, -0.25) is 0 Å². The van der Waals surface area contributed by atoms with Crippen molar-refractivity contribution < 1.29 is 8.42 Å². The number of rotatable bonds is 3. The van der Waals surface area contributed by atoms with Crippen LogP contribution in [-0.4, -0.2) is 49.2 Å². The van der Waals surface area contributed by atoms with Gasteiger partial charge in [0.2, 0.25) is 0 Å². The highest BCUT2D eigenvalue weighted by molar-refractivity contribution is 7.86. The normalized spacial score (nSPS) is 28.9. The highest BCUT2D eigenvalue weighted by Gasteiger charge is 2.34. The molecule has 2 atom stereocenters. The number of piperidine rings is 1. The highest BCUT2D eigenvalue weighted by Crippen LogP contribution is 2.20. The van der Waals surface area contributed by atoms with Crippen molar-refractivity contribution in [3.63, 3.8) is 0 Å². The topological polar surface area (TPSA) is 66.6 Å². The molecule has 5 nitrogen and oxygen atoms in total. The standard InChI is InChI=1S/C10H23N3O2S/c1-8(2)12(4)16(14,15)13-6-5-9(3)10(11)7-13/h8-10H,5-7,11H2,1-4H3. The van der Waals surface area contributed by atoms with Crippen LogP contribution in [-0.2, 0) is 10.2 Å². The van der Waals surface area contributed by atoms with E-state index >= 15 is 0 Å². The van der Waals surface area contributed by atoms with Gasteiger partial charge in [0.25, 0.3) is 10.2 Å². The molecule has 1 saturated heterocycles. The van der Waals surface area contributed by atoms with Gasteiger partial charge < -0.3 is 5.73 Å². The fraction of sp³-hybridized carbons (Fsp3) is 1.00. The van der Waals surface area contributed by atoms with Gasteiger partial charge >= 0.3 is 0 Å². The van der Waals surface area contributed by atoms with Crippen molar-refractivity contribution >= 4 is 10.2 Å². The lowest BCUT2D eigenvalue weighted by Crippen LogP contribution is -2.54. The van der Waals surface area contributed by atoms with E-state index in [1.165, 1.54) is 8.61 Å². The second kappa shape index (κ2) is 5.00. The number of nitrogens with zero attached hydrogens (tertiary/aromatic N) is 2. The summed E-state index contributed by atoms with van der Waals surface area (Å²) in [5.74, 6) is 0.399. The van der Waals surface area contributed by atoms with Crippen LogP contribution in [0.2, 0.25) is 0 Å². The zero-order chi connectivity index (χ0) is 12.5. The Morgan fingerprint density at radius 2 is 2.00 bits per heavy atom. The highest BCUT2D eigenvalue weighted by atomic mass is 32.2. The van der Waals surface area contributed by atoms with E-state index in [1.807, 2.05) is 13.8 Å². The van der Waals surface area contributed by atoms with Crippen LogP contribution < -0.4 is 5.73 Å². The summed E-state index contributed by atoms with van der Waals surface area (Å²) in [6.07, 6.45) is 0.840. The molecule has 1 heterocycles. The summed E-state index contributed by atoms with van der Waals surface area (Å²) in [6.45, 7) is 6.81. The van der Waals surface area contributed by atoms with Crippen LogP contribution in [0.4, 0.5) is 0 Å². The molecule has 0 amide bonds. The van der Waals surface area contributed by atoms with Crippen molar-refractivity contribution in [3.05, 3.63) is 0 Å². The third kappa shape index (κ3) is 2.74. The van der Waals surface area contributed by atoms with Gasteiger partial charge in [-0.15, -0.1) is 0 Å². The van der Waals surface area contributed by atoms with E-state index in [-0.39, 0.29) is 12.1 Å². The van der Waals surface area contributed by atoms with Gasteiger partial charge in [0.15, 0.2) is 0 Å². The van der Waals surface area contributed by atoms with E-state index in [1.54, 1.807) is 7.05 Å². The van der Waals surface area contributed by atoms with Crippen LogP contribution in [0.3, 0.4) is 0 Å². The molecule has 1 aliphatic rings. The average molecular weight is 249 g/mol. The van der Waals surface area contributed by atoms with Gasteiger partial charge in [-0.1, -0.05) is 6.92 Å². The monoisotopic (exact) mass is 249 g/mol. The predicted octanol–water partition coefficient (Wildman–Crippen LogP) is 0.241. The van der Waals surface area contributed by atoms with Crippen LogP contribution in [0.15, 0.2) is 0 Å². The third-order valence-corrected chi connectivity index (χ3v) is 5.53. The summed E-state index contributed by atoms with van der Waals surface area (Å²) < 4.78 is 27.2. The largest absolute Gasteiger partial charge is 0.326 e. The molecule has 2 N–H and O–H groups in total. The van der Waals surface area contributed by atoms with Crippen molar-refractivity contribution in [2.24, 2.45) is 11.7 Å². The molecule has 0 bridgehead atoms. The first-order valence-corrected chi connectivity index (χ1v) is 7.15. The summed E-state index contributed by atoms with van der Waals surface area (Å²) >= 11 is 0. The molecule has 0 spiro atoms. The molecule has 0 saturated carbocycles. The Balaban J connectivity index is 2.78. The second-order valence-electron chi connectivity index (χ2n) is 4.91. The molecule has 2 unspecified atom stereocenters. The van der Waals surface area contributed by atoms with Gasteiger partial charge in [0, 0.05) is 32.2 Å². The van der Waals surface area contributed by atoms with E-state index in [0.29, 0.717) is 19.0 Å². The maximum Gasteiger partial charge on any atom is 0.282 e. The van der Waals surface area contributed by atoms with Crippen LogP contribution >= 0.6 is 0 Å². The molecule has 1 fully saturated rings. The first kappa shape index (κ1) is 13.9. The lowest BCUT2D eigenvalue weighted by Gasteiger charge is -2.37. The Labute approximate surface area is 98.8 Å². The van der Waals surface area contributed by atoms with Crippen LogP contribution in [0.25, 0.3) is 0 Å². The molecule has 0 radical (unpaired) electrons. The molecule has 6 heteroatoms. The molecule has 0 aromatic heterocycles. The second-order valence-corrected chi connectivity index (χ2v) is 6.89. The van der Waals surface area contributed by atoms with Crippen molar-refractivity contribution in [3.8, 4) is 0 Å². The minimum absolute atomic E-state index is 0.0272. The zero-order valence-corrected chi connectivity index (χ0v) is 11.4. The molecule has 0 aromatic rings. The summed E-state index contributed by atoms with van der Waals surface area (Å²) in [4.78, 5) is 0. The number of hydrogen-bond acceptors (Lipinski definition) is 3. The number of hydrogen-bond donors (Lipinski definition) is 1.